The van der Waals surface area contributed by atoms with Crippen LogP contribution in [0, 0.1) is 0 Å². The second kappa shape index (κ2) is 10.1. The van der Waals surface area contributed by atoms with Crippen LogP contribution in [0.2, 0.25) is 0 Å². The molecule has 0 fully saturated rings. The lowest BCUT2D eigenvalue weighted by Crippen LogP contribution is -2.23. The van der Waals surface area contributed by atoms with Crippen molar-refractivity contribution in [2.24, 2.45) is 10.7 Å². The molecule has 0 atom stereocenters. The highest BCUT2D eigenvalue weighted by molar-refractivity contribution is 14.0. The molecule has 2 aromatic carbocycles. The Morgan fingerprint density at radius 3 is 2.76 bits per heavy atom. The van der Waals surface area contributed by atoms with Gasteiger partial charge in [-0.25, -0.2) is 4.98 Å². The van der Waals surface area contributed by atoms with Gasteiger partial charge in [0.05, 0.1) is 25.3 Å². The SMILES string of the molecule is I.NC(=NCCNc1ccc2ccccc2n1)Nc1ccc2c(c1)OCCCO2. The number of guanidine groups is 1. The number of halogens is 1. The summed E-state index contributed by atoms with van der Waals surface area (Å²) >= 11 is 0. The van der Waals surface area contributed by atoms with Gasteiger partial charge in [-0.05, 0) is 30.3 Å². The van der Waals surface area contributed by atoms with E-state index in [2.05, 4.69) is 20.6 Å². The van der Waals surface area contributed by atoms with Crippen LogP contribution in [0.4, 0.5) is 11.5 Å². The summed E-state index contributed by atoms with van der Waals surface area (Å²) in [6.07, 6.45) is 0.875. The highest BCUT2D eigenvalue weighted by atomic mass is 127. The molecule has 0 saturated heterocycles. The van der Waals surface area contributed by atoms with Gasteiger partial charge in [0.25, 0.3) is 0 Å². The summed E-state index contributed by atoms with van der Waals surface area (Å²) in [5.41, 5.74) is 7.77. The van der Waals surface area contributed by atoms with Crippen LogP contribution < -0.4 is 25.8 Å². The van der Waals surface area contributed by atoms with Gasteiger partial charge in [0.2, 0.25) is 0 Å². The number of aromatic nitrogens is 1. The van der Waals surface area contributed by atoms with E-state index in [4.69, 9.17) is 15.2 Å². The Bertz CT molecular complexity index is 996. The number of anilines is 2. The molecule has 4 N–H and O–H groups in total. The third-order valence-corrected chi connectivity index (χ3v) is 4.32. The molecule has 1 aromatic heterocycles. The molecule has 0 spiro atoms. The van der Waals surface area contributed by atoms with Crippen LogP contribution in [0.3, 0.4) is 0 Å². The van der Waals surface area contributed by atoms with Crippen LogP contribution in [-0.2, 0) is 0 Å². The van der Waals surface area contributed by atoms with Gasteiger partial charge in [0, 0.05) is 30.1 Å². The first-order valence-electron chi connectivity index (χ1n) is 9.34. The monoisotopic (exact) mass is 505 g/mol. The molecule has 0 amide bonds. The molecule has 0 bridgehead atoms. The molecule has 0 aliphatic carbocycles. The lowest BCUT2D eigenvalue weighted by Gasteiger charge is -2.11. The van der Waals surface area contributed by atoms with Crippen LogP contribution in [0.5, 0.6) is 11.5 Å². The number of nitrogens with zero attached hydrogens (tertiary/aromatic N) is 2. The summed E-state index contributed by atoms with van der Waals surface area (Å²) in [6, 6.07) is 17.7. The van der Waals surface area contributed by atoms with Crippen molar-refractivity contribution in [3.05, 3.63) is 54.6 Å². The third kappa shape index (κ3) is 5.63. The van der Waals surface area contributed by atoms with E-state index in [1.807, 2.05) is 54.6 Å². The zero-order valence-electron chi connectivity index (χ0n) is 15.9. The highest BCUT2D eigenvalue weighted by Crippen LogP contribution is 2.32. The van der Waals surface area contributed by atoms with Crippen molar-refractivity contribution in [3.8, 4) is 11.5 Å². The molecular weight excluding hydrogens is 481 g/mol. The summed E-state index contributed by atoms with van der Waals surface area (Å²) in [4.78, 5) is 8.92. The molecular formula is C21H24IN5O2. The van der Waals surface area contributed by atoms with Gasteiger partial charge in [0.1, 0.15) is 5.82 Å². The molecule has 4 rings (SSSR count). The Balaban J connectivity index is 0.00000240. The number of nitrogens with two attached hydrogens (primary N) is 1. The molecule has 152 valence electrons. The molecule has 0 radical (unpaired) electrons. The summed E-state index contributed by atoms with van der Waals surface area (Å²) in [5.74, 6) is 2.65. The van der Waals surface area contributed by atoms with Gasteiger partial charge in [-0.15, -0.1) is 24.0 Å². The summed E-state index contributed by atoms with van der Waals surface area (Å²) < 4.78 is 11.3. The predicted molar refractivity (Wildman–Crippen MR) is 128 cm³/mol. The summed E-state index contributed by atoms with van der Waals surface area (Å²) in [7, 11) is 0. The van der Waals surface area contributed by atoms with Crippen LogP contribution in [0.25, 0.3) is 10.9 Å². The van der Waals surface area contributed by atoms with E-state index in [-0.39, 0.29) is 24.0 Å². The minimum Gasteiger partial charge on any atom is -0.490 e. The van der Waals surface area contributed by atoms with E-state index in [0.717, 1.165) is 40.3 Å². The fourth-order valence-corrected chi connectivity index (χ4v) is 2.95. The van der Waals surface area contributed by atoms with Crippen LogP contribution >= 0.6 is 24.0 Å². The van der Waals surface area contributed by atoms with Crippen LogP contribution in [-0.4, -0.2) is 37.2 Å². The largest absolute Gasteiger partial charge is 0.490 e. The van der Waals surface area contributed by atoms with E-state index in [1.54, 1.807) is 0 Å². The van der Waals surface area contributed by atoms with Crippen LogP contribution in [0.1, 0.15) is 6.42 Å². The Morgan fingerprint density at radius 1 is 1.03 bits per heavy atom. The number of fused-ring (bicyclic) bond motifs is 2. The van der Waals surface area contributed by atoms with E-state index in [0.29, 0.717) is 32.3 Å². The molecule has 0 unspecified atom stereocenters. The zero-order chi connectivity index (χ0) is 19.2. The first-order chi connectivity index (χ1) is 13.8. The summed E-state index contributed by atoms with van der Waals surface area (Å²) in [5, 5.41) is 7.47. The molecule has 1 aliphatic heterocycles. The maximum atomic E-state index is 5.99. The number of para-hydroxylation sites is 1. The van der Waals surface area contributed by atoms with Gasteiger partial charge in [0.15, 0.2) is 17.5 Å². The van der Waals surface area contributed by atoms with Gasteiger partial charge < -0.3 is 25.8 Å². The molecule has 29 heavy (non-hydrogen) atoms. The third-order valence-electron chi connectivity index (χ3n) is 4.32. The predicted octanol–water partition coefficient (Wildman–Crippen LogP) is 3.85. The zero-order valence-corrected chi connectivity index (χ0v) is 18.3. The lowest BCUT2D eigenvalue weighted by atomic mass is 10.2. The van der Waals surface area contributed by atoms with Crippen molar-refractivity contribution < 1.29 is 9.47 Å². The van der Waals surface area contributed by atoms with E-state index >= 15 is 0 Å². The number of ether oxygens (including phenoxy) is 2. The number of benzene rings is 2. The molecule has 1 aliphatic rings. The van der Waals surface area contributed by atoms with Crippen molar-refractivity contribution in [2.45, 2.75) is 6.42 Å². The van der Waals surface area contributed by atoms with Crippen LogP contribution in [0.15, 0.2) is 59.6 Å². The fourth-order valence-electron chi connectivity index (χ4n) is 2.95. The smallest absolute Gasteiger partial charge is 0.193 e. The number of pyridine rings is 1. The van der Waals surface area contributed by atoms with Gasteiger partial charge >= 0.3 is 0 Å². The van der Waals surface area contributed by atoms with Gasteiger partial charge in [-0.1, -0.05) is 18.2 Å². The van der Waals surface area contributed by atoms with Gasteiger partial charge in [-0.2, -0.15) is 0 Å². The second-order valence-electron chi connectivity index (χ2n) is 6.42. The van der Waals surface area contributed by atoms with Gasteiger partial charge in [-0.3, -0.25) is 4.99 Å². The number of hydrogen-bond donors (Lipinski definition) is 3. The standard InChI is InChI=1S/C21H23N5O2.HI/c22-21(25-16-7-8-18-19(14-16)28-13-3-12-27-18)24-11-10-23-20-9-6-15-4-1-2-5-17(15)26-20;/h1-2,4-9,14H,3,10-13H2,(H,23,26)(H3,22,24,25);1H. The van der Waals surface area contributed by atoms with E-state index in [9.17, 15) is 0 Å². The quantitative estimate of drug-likeness (QED) is 0.211. The molecule has 3 aromatic rings. The second-order valence-corrected chi connectivity index (χ2v) is 6.42. The normalized spacial score (nSPS) is 13.3. The van der Waals surface area contributed by atoms with Crippen molar-refractivity contribution in [1.29, 1.82) is 0 Å². The van der Waals surface area contributed by atoms with Crippen molar-refractivity contribution in [3.63, 3.8) is 0 Å². The Labute approximate surface area is 186 Å². The molecule has 8 heteroatoms. The van der Waals surface area contributed by atoms with Crippen molar-refractivity contribution in [2.75, 3.05) is 36.9 Å². The highest BCUT2D eigenvalue weighted by Gasteiger charge is 2.10. The van der Waals surface area contributed by atoms with E-state index < -0.39 is 0 Å². The topological polar surface area (TPSA) is 93.8 Å². The minimum atomic E-state index is 0. The maximum Gasteiger partial charge on any atom is 0.193 e. The first kappa shape index (κ1) is 21.0. The first-order valence-corrected chi connectivity index (χ1v) is 9.34. The van der Waals surface area contributed by atoms with E-state index in [1.165, 1.54) is 0 Å². The number of hydrogen-bond acceptors (Lipinski definition) is 5. The Hall–Kier alpha value is -2.75. The molecule has 2 heterocycles. The maximum absolute atomic E-state index is 5.99. The Kier molecular flexibility index (Phi) is 7.34. The Morgan fingerprint density at radius 2 is 1.86 bits per heavy atom. The lowest BCUT2D eigenvalue weighted by molar-refractivity contribution is 0.297. The fraction of sp³-hybridized carbons (Fsp3) is 0.238. The van der Waals surface area contributed by atoms with Crippen molar-refractivity contribution in [1.82, 2.24) is 4.98 Å². The number of aliphatic imine (C=N–C) groups is 1. The number of nitrogens with one attached hydrogen (secondary N) is 2. The summed E-state index contributed by atoms with van der Waals surface area (Å²) in [6.45, 7) is 2.48. The minimum absolute atomic E-state index is 0. The molecule has 0 saturated carbocycles. The molecule has 7 nitrogen and oxygen atoms in total. The average molecular weight is 505 g/mol. The van der Waals surface area contributed by atoms with Crippen molar-refractivity contribution >= 4 is 52.3 Å². The average Bonchev–Trinajstić information content (AvgIpc) is 2.96. The number of rotatable bonds is 5.